The lowest BCUT2D eigenvalue weighted by Gasteiger charge is -2.14. The third-order valence-electron chi connectivity index (χ3n) is 5.01. The van der Waals surface area contributed by atoms with E-state index in [0.29, 0.717) is 0 Å². The molecule has 0 radical (unpaired) electrons. The number of phenolic OH excluding ortho intramolecular Hbond substituents is 2. The summed E-state index contributed by atoms with van der Waals surface area (Å²) in [5.41, 5.74) is 6.55. The molecule has 0 amide bonds. The second-order valence-electron chi connectivity index (χ2n) is 7.08. The Balaban J connectivity index is 1.70. The van der Waals surface area contributed by atoms with Crippen LogP contribution in [0.1, 0.15) is 10.4 Å². The molecule has 11 heteroatoms. The molecule has 4 rings (SSSR count). The number of allylic oxidation sites excluding steroid dienone is 4. The zero-order valence-corrected chi connectivity index (χ0v) is 17.9. The predicted molar refractivity (Wildman–Crippen MR) is 117 cm³/mol. The van der Waals surface area contributed by atoms with Crippen LogP contribution in [0, 0.1) is 5.53 Å². The van der Waals surface area contributed by atoms with Gasteiger partial charge in [0.25, 0.3) is 5.78 Å². The van der Waals surface area contributed by atoms with Crippen molar-refractivity contribution in [3.8, 4) is 11.5 Å². The van der Waals surface area contributed by atoms with E-state index in [2.05, 4.69) is 5.11 Å². The number of phenols is 2. The highest BCUT2D eigenvalue weighted by atomic mass is 32.2. The summed E-state index contributed by atoms with van der Waals surface area (Å²) in [4.78, 5) is 37.2. The Morgan fingerprint density at radius 2 is 1.59 bits per heavy atom. The number of nitrogens with one attached hydrogen (secondary N) is 1. The van der Waals surface area contributed by atoms with Gasteiger partial charge in [0.1, 0.15) is 16.3 Å². The molecule has 0 heterocycles. The number of carbonyl (C=O) groups excluding carboxylic acids is 3. The Morgan fingerprint density at radius 1 is 0.882 bits per heavy atom. The minimum absolute atomic E-state index is 0.0429. The van der Waals surface area contributed by atoms with Gasteiger partial charge in [0.05, 0.1) is 5.57 Å². The van der Waals surface area contributed by atoms with E-state index in [1.165, 1.54) is 54.6 Å². The summed E-state index contributed by atoms with van der Waals surface area (Å²) in [7, 11) is -4.65. The van der Waals surface area contributed by atoms with Crippen LogP contribution in [-0.4, -0.2) is 36.0 Å². The van der Waals surface area contributed by atoms with Crippen molar-refractivity contribution in [3.05, 3.63) is 83.6 Å². The van der Waals surface area contributed by atoms with E-state index in [1.807, 2.05) is 0 Å². The first-order valence-electron chi connectivity index (χ1n) is 9.55. The van der Waals surface area contributed by atoms with E-state index >= 15 is 0 Å². The molecule has 0 saturated heterocycles. The van der Waals surface area contributed by atoms with E-state index in [9.17, 15) is 33.0 Å². The van der Waals surface area contributed by atoms with Crippen molar-refractivity contribution >= 4 is 43.9 Å². The fraction of sp³-hybridized carbons (Fsp3) is 0. The molecule has 0 aliphatic heterocycles. The quantitative estimate of drug-likeness (QED) is 0.121. The monoisotopic (exact) mass is 478 g/mol. The van der Waals surface area contributed by atoms with Crippen LogP contribution >= 0.6 is 0 Å². The van der Waals surface area contributed by atoms with Crippen LogP contribution in [0.2, 0.25) is 0 Å². The Hall–Kier alpha value is -4.64. The molecule has 3 aromatic carbocycles. The minimum Gasteiger partial charge on any atom is -0.508 e. The van der Waals surface area contributed by atoms with Gasteiger partial charge in [0.15, 0.2) is 17.3 Å². The SMILES string of the molecule is N=Nc1ccc2c(S(=O)(=O)OC3=CC=C(C(=O)c4ccc(O)cc4)C(=O)C3=O)cccc2c1O. The molecule has 0 saturated carbocycles. The van der Waals surface area contributed by atoms with Crippen LogP contribution in [0.3, 0.4) is 0 Å². The summed E-state index contributed by atoms with van der Waals surface area (Å²) in [6, 6.07) is 11.5. The van der Waals surface area contributed by atoms with Gasteiger partial charge >= 0.3 is 10.1 Å². The molecular weight excluding hydrogens is 464 g/mol. The minimum atomic E-state index is -4.65. The van der Waals surface area contributed by atoms with Gasteiger partial charge in [-0.3, -0.25) is 14.4 Å². The fourth-order valence-electron chi connectivity index (χ4n) is 3.33. The van der Waals surface area contributed by atoms with Crippen molar-refractivity contribution in [1.29, 1.82) is 5.53 Å². The van der Waals surface area contributed by atoms with Crippen LogP contribution in [-0.2, 0) is 23.9 Å². The lowest BCUT2D eigenvalue weighted by Crippen LogP contribution is -2.28. The molecule has 1 aliphatic rings. The van der Waals surface area contributed by atoms with E-state index in [1.54, 1.807) is 0 Å². The van der Waals surface area contributed by atoms with Gasteiger partial charge in [0, 0.05) is 16.3 Å². The van der Waals surface area contributed by atoms with Crippen molar-refractivity contribution in [2.45, 2.75) is 4.90 Å². The molecule has 10 nitrogen and oxygen atoms in total. The van der Waals surface area contributed by atoms with Crippen LogP contribution in [0.15, 0.2) is 88.1 Å². The average molecular weight is 478 g/mol. The first-order valence-corrected chi connectivity index (χ1v) is 11.0. The predicted octanol–water partition coefficient (Wildman–Crippen LogP) is 3.46. The van der Waals surface area contributed by atoms with Gasteiger partial charge in [-0.2, -0.15) is 13.5 Å². The number of benzene rings is 3. The number of hydrogen-bond donors (Lipinski definition) is 3. The number of rotatable bonds is 6. The molecule has 0 spiro atoms. The zero-order chi connectivity index (χ0) is 24.6. The number of Topliss-reactive ketones (excluding diaryl/α,β-unsaturated/α-hetero) is 3. The summed E-state index contributed by atoms with van der Waals surface area (Å²) in [6.07, 6.45) is 1.90. The Bertz CT molecular complexity index is 1570. The molecule has 170 valence electrons. The summed E-state index contributed by atoms with van der Waals surface area (Å²) >= 11 is 0. The number of nitrogens with zero attached hydrogens (tertiary/aromatic N) is 1. The van der Waals surface area contributed by atoms with Gasteiger partial charge in [-0.1, -0.05) is 18.2 Å². The van der Waals surface area contributed by atoms with Gasteiger partial charge < -0.3 is 14.4 Å². The Morgan fingerprint density at radius 3 is 2.26 bits per heavy atom. The normalized spacial score (nSPS) is 13.9. The van der Waals surface area contributed by atoms with Crippen molar-refractivity contribution in [1.82, 2.24) is 0 Å². The van der Waals surface area contributed by atoms with E-state index in [0.717, 1.165) is 12.2 Å². The highest BCUT2D eigenvalue weighted by Crippen LogP contribution is 2.37. The van der Waals surface area contributed by atoms with Crippen molar-refractivity contribution in [3.63, 3.8) is 0 Å². The molecule has 0 atom stereocenters. The molecule has 34 heavy (non-hydrogen) atoms. The third-order valence-corrected chi connectivity index (χ3v) is 6.30. The van der Waals surface area contributed by atoms with Gasteiger partial charge in [-0.05, 0) is 48.6 Å². The largest absolute Gasteiger partial charge is 0.508 e. The third kappa shape index (κ3) is 3.84. The molecule has 0 fully saturated rings. The maximum Gasteiger partial charge on any atom is 0.339 e. The number of hydrogen-bond acceptors (Lipinski definition) is 10. The smallest absolute Gasteiger partial charge is 0.339 e. The van der Waals surface area contributed by atoms with E-state index in [-0.39, 0.29) is 27.8 Å². The molecule has 3 aromatic rings. The highest BCUT2D eigenvalue weighted by molar-refractivity contribution is 7.87. The van der Waals surface area contributed by atoms with Crippen LogP contribution in [0.25, 0.3) is 10.8 Å². The van der Waals surface area contributed by atoms with Crippen molar-refractivity contribution in [2.75, 3.05) is 0 Å². The number of carbonyl (C=O) groups is 3. The van der Waals surface area contributed by atoms with Crippen LogP contribution in [0.4, 0.5) is 5.69 Å². The van der Waals surface area contributed by atoms with Gasteiger partial charge in [-0.25, -0.2) is 5.53 Å². The summed E-state index contributed by atoms with van der Waals surface area (Å²) < 4.78 is 30.8. The molecular formula is C23H14N2O8S. The summed E-state index contributed by atoms with van der Waals surface area (Å²) in [5, 5.41) is 22.8. The van der Waals surface area contributed by atoms with E-state index in [4.69, 9.17) is 9.71 Å². The lowest BCUT2D eigenvalue weighted by atomic mass is 9.93. The van der Waals surface area contributed by atoms with E-state index < -0.39 is 49.4 Å². The highest BCUT2D eigenvalue weighted by Gasteiger charge is 2.34. The molecule has 0 aromatic heterocycles. The second kappa shape index (κ2) is 8.37. The maximum absolute atomic E-state index is 12.9. The van der Waals surface area contributed by atoms with Gasteiger partial charge in [-0.15, -0.1) is 0 Å². The molecule has 0 unspecified atom stereocenters. The standard InChI is InChI=1S/C23H14N2O8S/c24-25-17-10-8-14-15(21(17)28)2-1-3-19(14)34(31,32)33-18-11-9-16(22(29)23(18)30)20(27)12-4-6-13(26)7-5-12/h1-11,24,26,28H. The zero-order valence-electron chi connectivity index (χ0n) is 17.1. The fourth-order valence-corrected chi connectivity index (χ4v) is 4.48. The topological polar surface area (TPSA) is 171 Å². The lowest BCUT2D eigenvalue weighted by molar-refractivity contribution is -0.133. The van der Waals surface area contributed by atoms with Crippen LogP contribution < -0.4 is 0 Å². The Labute approximate surface area is 192 Å². The second-order valence-corrected chi connectivity index (χ2v) is 8.59. The number of ketones is 3. The van der Waals surface area contributed by atoms with Gasteiger partial charge in [0.2, 0.25) is 5.78 Å². The average Bonchev–Trinajstić information content (AvgIpc) is 2.82. The Kier molecular flexibility index (Phi) is 5.55. The van der Waals surface area contributed by atoms with Crippen molar-refractivity contribution < 1.29 is 37.2 Å². The molecule has 0 bridgehead atoms. The first kappa shape index (κ1) is 22.6. The molecule has 3 N–H and O–H groups in total. The van der Waals surface area contributed by atoms with Crippen molar-refractivity contribution in [2.24, 2.45) is 5.11 Å². The summed E-state index contributed by atoms with van der Waals surface area (Å²) in [5.74, 6) is -4.66. The maximum atomic E-state index is 12.9. The molecule has 1 aliphatic carbocycles. The summed E-state index contributed by atoms with van der Waals surface area (Å²) in [6.45, 7) is 0. The van der Waals surface area contributed by atoms with Crippen LogP contribution in [0.5, 0.6) is 11.5 Å². The number of aromatic hydroxyl groups is 2. The number of fused-ring (bicyclic) bond motifs is 1. The first-order chi connectivity index (χ1) is 16.1.